The second-order valence-corrected chi connectivity index (χ2v) is 5.43. The van der Waals surface area contributed by atoms with E-state index in [-0.39, 0.29) is 6.54 Å². The molecule has 0 bridgehead atoms. The number of hydrogen-bond acceptors (Lipinski definition) is 4. The number of hydrogen-bond donors (Lipinski definition) is 0. The van der Waals surface area contributed by atoms with Crippen molar-refractivity contribution in [3.8, 4) is 17.7 Å². The molecule has 0 aliphatic rings. The van der Waals surface area contributed by atoms with E-state index in [0.29, 0.717) is 17.7 Å². The second-order valence-electron chi connectivity index (χ2n) is 5.43. The average Bonchev–Trinajstić information content (AvgIpc) is 3.04. The molecule has 3 aromatic rings. The van der Waals surface area contributed by atoms with Crippen molar-refractivity contribution in [1.29, 1.82) is 5.26 Å². The number of benzene rings is 1. The fraction of sp³-hybridized carbons (Fsp3) is 0.312. The van der Waals surface area contributed by atoms with Gasteiger partial charge in [0.05, 0.1) is 6.07 Å². The van der Waals surface area contributed by atoms with Gasteiger partial charge in [0.25, 0.3) is 5.89 Å². The maximum absolute atomic E-state index is 9.06. The van der Waals surface area contributed by atoms with E-state index >= 15 is 0 Å². The Morgan fingerprint density at radius 1 is 1.29 bits per heavy atom. The van der Waals surface area contributed by atoms with Crippen LogP contribution in [-0.2, 0) is 13.0 Å². The van der Waals surface area contributed by atoms with E-state index in [2.05, 4.69) is 30.1 Å². The molecule has 21 heavy (non-hydrogen) atoms. The summed E-state index contributed by atoms with van der Waals surface area (Å²) in [5, 5.41) is 18.3. The van der Waals surface area contributed by atoms with Crippen LogP contribution in [0, 0.1) is 17.2 Å². The zero-order chi connectivity index (χ0) is 14.8. The third kappa shape index (κ3) is 2.52. The molecule has 2 aromatic heterocycles. The van der Waals surface area contributed by atoms with E-state index in [4.69, 9.17) is 9.68 Å². The number of nitriles is 1. The number of aromatic nitrogens is 3. The van der Waals surface area contributed by atoms with Gasteiger partial charge in [-0.25, -0.2) is 0 Å². The number of nitrogens with zero attached hydrogens (tertiary/aromatic N) is 4. The lowest BCUT2D eigenvalue weighted by Gasteiger charge is -2.02. The third-order valence-electron chi connectivity index (χ3n) is 3.31. The van der Waals surface area contributed by atoms with Crippen molar-refractivity contribution in [3.05, 3.63) is 36.2 Å². The van der Waals surface area contributed by atoms with E-state index < -0.39 is 0 Å². The lowest BCUT2D eigenvalue weighted by atomic mass is 10.1. The Morgan fingerprint density at radius 2 is 2.10 bits per heavy atom. The molecule has 0 aliphatic heterocycles. The molecule has 0 radical (unpaired) electrons. The normalized spacial score (nSPS) is 11.1. The van der Waals surface area contributed by atoms with Crippen LogP contribution in [0.5, 0.6) is 0 Å². The molecule has 0 spiro atoms. The first-order valence-electron chi connectivity index (χ1n) is 6.97. The molecule has 0 aliphatic carbocycles. The zero-order valence-corrected chi connectivity index (χ0v) is 12.1. The predicted molar refractivity (Wildman–Crippen MR) is 79.4 cm³/mol. The molecule has 0 fully saturated rings. The highest BCUT2D eigenvalue weighted by Gasteiger charge is 2.16. The topological polar surface area (TPSA) is 67.6 Å². The Bertz CT molecular complexity index is 807. The minimum atomic E-state index is 0.255. The molecule has 0 amide bonds. The van der Waals surface area contributed by atoms with Crippen molar-refractivity contribution in [1.82, 2.24) is 14.8 Å². The van der Waals surface area contributed by atoms with Crippen molar-refractivity contribution in [3.63, 3.8) is 0 Å². The van der Waals surface area contributed by atoms with Gasteiger partial charge in [0.2, 0.25) is 5.89 Å². The summed E-state index contributed by atoms with van der Waals surface area (Å²) in [6.45, 7) is 4.47. The Balaban J connectivity index is 2.09. The van der Waals surface area contributed by atoms with Crippen LogP contribution in [0.15, 0.2) is 34.7 Å². The summed E-state index contributed by atoms with van der Waals surface area (Å²) in [4.78, 5) is 0. The molecule has 0 saturated heterocycles. The smallest absolute Gasteiger partial charge is 0.264 e. The first kappa shape index (κ1) is 13.4. The third-order valence-corrected chi connectivity index (χ3v) is 3.31. The van der Waals surface area contributed by atoms with Crippen molar-refractivity contribution in [2.75, 3.05) is 0 Å². The molecule has 1 aromatic carbocycles. The number of fused-ring (bicyclic) bond motifs is 1. The highest BCUT2D eigenvalue weighted by molar-refractivity contribution is 5.85. The maximum atomic E-state index is 9.06. The Kier molecular flexibility index (Phi) is 3.44. The molecule has 3 rings (SSSR count). The zero-order valence-electron chi connectivity index (χ0n) is 12.1. The molecule has 0 atom stereocenters. The monoisotopic (exact) mass is 280 g/mol. The van der Waals surface area contributed by atoms with Crippen LogP contribution < -0.4 is 0 Å². The van der Waals surface area contributed by atoms with Crippen LogP contribution in [0.3, 0.4) is 0 Å². The standard InChI is InChI=1S/C16H16N4O/c1-11(2)9-15-18-19-16(21-15)14-10-12-5-3-4-6-13(12)20(14)8-7-17/h3-6,10-11H,8-9H2,1-2H3. The van der Waals surface area contributed by atoms with Crippen LogP contribution in [0.2, 0.25) is 0 Å². The van der Waals surface area contributed by atoms with Crippen molar-refractivity contribution in [2.24, 2.45) is 5.92 Å². The molecule has 0 unspecified atom stereocenters. The molecule has 5 nitrogen and oxygen atoms in total. The summed E-state index contributed by atoms with van der Waals surface area (Å²) in [6.07, 6.45) is 0.755. The van der Waals surface area contributed by atoms with Gasteiger partial charge < -0.3 is 8.98 Å². The molecule has 0 N–H and O–H groups in total. The van der Waals surface area contributed by atoms with Gasteiger partial charge in [-0.05, 0) is 18.1 Å². The molecular formula is C16H16N4O. The Labute approximate surface area is 122 Å². The Hall–Kier alpha value is -2.61. The van der Waals surface area contributed by atoms with Crippen LogP contribution >= 0.6 is 0 Å². The largest absolute Gasteiger partial charge is 0.419 e. The summed E-state index contributed by atoms with van der Waals surface area (Å²) in [7, 11) is 0. The van der Waals surface area contributed by atoms with Crippen LogP contribution in [-0.4, -0.2) is 14.8 Å². The van der Waals surface area contributed by atoms with Crippen molar-refractivity contribution in [2.45, 2.75) is 26.8 Å². The van der Waals surface area contributed by atoms with Crippen LogP contribution in [0.4, 0.5) is 0 Å². The second kappa shape index (κ2) is 5.41. The molecule has 5 heteroatoms. The molecule has 2 heterocycles. The van der Waals surface area contributed by atoms with Gasteiger partial charge in [0.1, 0.15) is 12.2 Å². The predicted octanol–water partition coefficient (Wildman–Crippen LogP) is 3.41. The van der Waals surface area contributed by atoms with Crippen LogP contribution in [0.1, 0.15) is 19.7 Å². The lowest BCUT2D eigenvalue weighted by Crippen LogP contribution is -1.97. The maximum Gasteiger partial charge on any atom is 0.264 e. The van der Waals surface area contributed by atoms with E-state index in [0.717, 1.165) is 23.0 Å². The molecular weight excluding hydrogens is 264 g/mol. The molecule has 0 saturated carbocycles. The van der Waals surface area contributed by atoms with E-state index in [1.54, 1.807) is 0 Å². The van der Waals surface area contributed by atoms with E-state index in [1.165, 1.54) is 0 Å². The molecule has 106 valence electrons. The van der Waals surface area contributed by atoms with Crippen molar-refractivity contribution < 1.29 is 4.42 Å². The van der Waals surface area contributed by atoms with Crippen molar-refractivity contribution >= 4 is 10.9 Å². The van der Waals surface area contributed by atoms with Gasteiger partial charge in [-0.15, -0.1) is 10.2 Å². The van der Waals surface area contributed by atoms with Gasteiger partial charge >= 0.3 is 0 Å². The lowest BCUT2D eigenvalue weighted by molar-refractivity contribution is 0.464. The van der Waals surface area contributed by atoms with Gasteiger partial charge in [-0.1, -0.05) is 32.0 Å². The average molecular weight is 280 g/mol. The Morgan fingerprint density at radius 3 is 2.86 bits per heavy atom. The SMILES string of the molecule is CC(C)Cc1nnc(-c2cc3ccccc3n2CC#N)o1. The summed E-state index contributed by atoms with van der Waals surface area (Å²) in [6, 6.07) is 12.1. The first-order valence-corrected chi connectivity index (χ1v) is 6.97. The van der Waals surface area contributed by atoms with E-state index in [1.807, 2.05) is 34.9 Å². The fourth-order valence-corrected chi connectivity index (χ4v) is 2.42. The fourth-order valence-electron chi connectivity index (χ4n) is 2.42. The first-order chi connectivity index (χ1) is 10.2. The van der Waals surface area contributed by atoms with Gasteiger partial charge in [-0.2, -0.15) is 5.26 Å². The summed E-state index contributed by atoms with van der Waals surface area (Å²) in [5.74, 6) is 1.56. The highest BCUT2D eigenvalue weighted by atomic mass is 16.4. The van der Waals surface area contributed by atoms with Crippen LogP contribution in [0.25, 0.3) is 22.5 Å². The van der Waals surface area contributed by atoms with Gasteiger partial charge in [0.15, 0.2) is 0 Å². The van der Waals surface area contributed by atoms with Gasteiger partial charge in [-0.3, -0.25) is 0 Å². The number of para-hydroxylation sites is 1. The summed E-state index contributed by atoms with van der Waals surface area (Å²) < 4.78 is 7.65. The minimum absolute atomic E-state index is 0.255. The van der Waals surface area contributed by atoms with E-state index in [9.17, 15) is 0 Å². The quantitative estimate of drug-likeness (QED) is 0.734. The summed E-state index contributed by atoms with van der Waals surface area (Å²) in [5.41, 5.74) is 1.79. The highest BCUT2D eigenvalue weighted by Crippen LogP contribution is 2.27. The van der Waals surface area contributed by atoms with Gasteiger partial charge in [0, 0.05) is 17.3 Å². The number of rotatable bonds is 4. The minimum Gasteiger partial charge on any atom is -0.419 e. The summed E-state index contributed by atoms with van der Waals surface area (Å²) >= 11 is 0.